The molecule has 0 saturated carbocycles. The van der Waals surface area contributed by atoms with Gasteiger partial charge in [-0.05, 0) is 13.3 Å². The molecule has 2 aromatic rings. The first-order valence-corrected chi connectivity index (χ1v) is 6.14. The van der Waals surface area contributed by atoms with Gasteiger partial charge in [-0.2, -0.15) is 5.10 Å². The fourth-order valence-electron chi connectivity index (χ4n) is 1.49. The minimum Gasteiger partial charge on any atom is -0.325 e. The van der Waals surface area contributed by atoms with Crippen molar-refractivity contribution in [3.63, 3.8) is 0 Å². The first-order valence-electron chi connectivity index (χ1n) is 5.32. The predicted molar refractivity (Wildman–Crippen MR) is 64.1 cm³/mol. The first-order chi connectivity index (χ1) is 7.74. The first kappa shape index (κ1) is 11.2. The number of hydrogen-bond acceptors (Lipinski definition) is 5. The number of nitrogens with one attached hydrogen (secondary N) is 1. The van der Waals surface area contributed by atoms with Crippen molar-refractivity contribution in [2.24, 2.45) is 5.73 Å². The molecule has 0 amide bonds. The number of hydrogen-bond donors (Lipinski definition) is 2. The van der Waals surface area contributed by atoms with E-state index in [0.717, 1.165) is 40.1 Å². The van der Waals surface area contributed by atoms with Crippen molar-refractivity contribution < 1.29 is 0 Å². The lowest BCUT2D eigenvalue weighted by Crippen LogP contribution is -1.94. The van der Waals surface area contributed by atoms with Gasteiger partial charge in [-0.15, -0.1) is 11.3 Å². The lowest BCUT2D eigenvalue weighted by molar-refractivity contribution is 0.841. The molecule has 2 aromatic heterocycles. The molecule has 2 rings (SSSR count). The topological polar surface area (TPSA) is 80.5 Å². The maximum absolute atomic E-state index is 5.56. The molecule has 0 aromatic carbocycles. The lowest BCUT2D eigenvalue weighted by atomic mass is 10.3. The molecule has 86 valence electrons. The van der Waals surface area contributed by atoms with Crippen molar-refractivity contribution in [3.8, 4) is 10.7 Å². The molecule has 16 heavy (non-hydrogen) atoms. The van der Waals surface area contributed by atoms with Crippen LogP contribution in [0.1, 0.15) is 29.9 Å². The molecule has 3 N–H and O–H groups in total. The highest BCUT2D eigenvalue weighted by Gasteiger charge is 2.13. The number of aromatic nitrogens is 4. The van der Waals surface area contributed by atoms with Crippen LogP contribution in [0.25, 0.3) is 10.7 Å². The quantitative estimate of drug-likeness (QED) is 0.847. The van der Waals surface area contributed by atoms with Gasteiger partial charge in [0.25, 0.3) is 0 Å². The summed E-state index contributed by atoms with van der Waals surface area (Å²) in [5, 5.41) is 8.08. The smallest absolute Gasteiger partial charge is 0.193 e. The van der Waals surface area contributed by atoms with Crippen LogP contribution in [0.2, 0.25) is 0 Å². The van der Waals surface area contributed by atoms with Crippen LogP contribution in [0.5, 0.6) is 0 Å². The number of nitrogens with zero attached hydrogens (tertiary/aromatic N) is 3. The van der Waals surface area contributed by atoms with Gasteiger partial charge in [0.15, 0.2) is 5.82 Å². The zero-order valence-corrected chi connectivity index (χ0v) is 10.3. The van der Waals surface area contributed by atoms with E-state index in [2.05, 4.69) is 27.1 Å². The minimum atomic E-state index is 0.470. The molecule has 0 radical (unpaired) electrons. The number of aryl methyl sites for hydroxylation is 2. The molecular weight excluding hydrogens is 222 g/mol. The molecule has 0 bridgehead atoms. The van der Waals surface area contributed by atoms with E-state index in [4.69, 9.17) is 5.73 Å². The largest absolute Gasteiger partial charge is 0.325 e. The summed E-state index contributed by atoms with van der Waals surface area (Å²) in [4.78, 5) is 9.82. The van der Waals surface area contributed by atoms with Crippen LogP contribution < -0.4 is 5.73 Å². The Labute approximate surface area is 98.1 Å². The zero-order chi connectivity index (χ0) is 11.5. The Balaban J connectivity index is 2.30. The zero-order valence-electron chi connectivity index (χ0n) is 9.45. The van der Waals surface area contributed by atoms with Gasteiger partial charge in [-0.1, -0.05) is 6.92 Å². The standard InChI is InChI=1S/C10H15N5S/c1-3-4-7-13-10(15-14-7)9-6(2)12-8(5-11)16-9/h3-5,11H2,1-2H3,(H,13,14,15). The molecule has 6 heteroatoms. The number of aromatic amines is 1. The second-order valence-electron chi connectivity index (χ2n) is 3.58. The van der Waals surface area contributed by atoms with Crippen LogP contribution in [0.3, 0.4) is 0 Å². The molecule has 5 nitrogen and oxygen atoms in total. The molecule has 0 atom stereocenters. The van der Waals surface area contributed by atoms with Gasteiger partial charge < -0.3 is 5.73 Å². The summed E-state index contributed by atoms with van der Waals surface area (Å²) in [6, 6.07) is 0. The third-order valence-corrected chi connectivity index (χ3v) is 3.41. The number of H-pyrrole nitrogens is 1. The molecule has 0 saturated heterocycles. The summed E-state index contributed by atoms with van der Waals surface area (Å²) in [6.45, 7) is 4.55. The number of rotatable bonds is 4. The average molecular weight is 237 g/mol. The maximum atomic E-state index is 5.56. The molecule has 0 aliphatic heterocycles. The number of nitrogens with two attached hydrogens (primary N) is 1. The Morgan fingerprint density at radius 1 is 1.38 bits per heavy atom. The van der Waals surface area contributed by atoms with Crippen molar-refractivity contribution in [1.29, 1.82) is 0 Å². The van der Waals surface area contributed by atoms with Gasteiger partial charge in [-0.25, -0.2) is 9.97 Å². The van der Waals surface area contributed by atoms with Gasteiger partial charge >= 0.3 is 0 Å². The van der Waals surface area contributed by atoms with Crippen LogP contribution >= 0.6 is 11.3 Å². The predicted octanol–water partition coefficient (Wildman–Crippen LogP) is 1.65. The molecule has 0 fully saturated rings. The molecule has 0 aliphatic carbocycles. The van der Waals surface area contributed by atoms with E-state index in [1.54, 1.807) is 11.3 Å². The van der Waals surface area contributed by atoms with Crippen LogP contribution in [-0.4, -0.2) is 20.2 Å². The minimum absolute atomic E-state index is 0.470. The van der Waals surface area contributed by atoms with Crippen molar-refractivity contribution in [1.82, 2.24) is 20.2 Å². The van der Waals surface area contributed by atoms with Gasteiger partial charge in [0.05, 0.1) is 10.6 Å². The normalized spacial score (nSPS) is 10.9. The molecular formula is C10H15N5S. The highest BCUT2D eigenvalue weighted by atomic mass is 32.1. The second kappa shape index (κ2) is 4.71. The highest BCUT2D eigenvalue weighted by molar-refractivity contribution is 7.15. The lowest BCUT2D eigenvalue weighted by Gasteiger charge is -1.89. The summed E-state index contributed by atoms with van der Waals surface area (Å²) in [5.74, 6) is 1.66. The number of thiazole rings is 1. The molecule has 0 spiro atoms. The average Bonchev–Trinajstić information content (AvgIpc) is 2.85. The van der Waals surface area contributed by atoms with E-state index in [1.807, 2.05) is 6.92 Å². The van der Waals surface area contributed by atoms with Gasteiger partial charge in [0, 0.05) is 13.0 Å². The Bertz CT molecular complexity index is 473. The van der Waals surface area contributed by atoms with Crippen LogP contribution in [-0.2, 0) is 13.0 Å². The monoisotopic (exact) mass is 237 g/mol. The second-order valence-corrected chi connectivity index (χ2v) is 4.67. The summed E-state index contributed by atoms with van der Waals surface area (Å²) < 4.78 is 0. The van der Waals surface area contributed by atoms with E-state index in [9.17, 15) is 0 Å². The summed E-state index contributed by atoms with van der Waals surface area (Å²) in [5.41, 5.74) is 6.51. The van der Waals surface area contributed by atoms with E-state index < -0.39 is 0 Å². The van der Waals surface area contributed by atoms with Crippen molar-refractivity contribution in [2.45, 2.75) is 33.2 Å². The fourth-order valence-corrected chi connectivity index (χ4v) is 2.37. The van der Waals surface area contributed by atoms with E-state index in [-0.39, 0.29) is 0 Å². The summed E-state index contributed by atoms with van der Waals surface area (Å²) in [7, 11) is 0. The third-order valence-electron chi connectivity index (χ3n) is 2.24. The van der Waals surface area contributed by atoms with Crippen LogP contribution in [0, 0.1) is 6.92 Å². The third kappa shape index (κ3) is 2.12. The Hall–Kier alpha value is -1.27. The Kier molecular flexibility index (Phi) is 3.31. The van der Waals surface area contributed by atoms with E-state index in [0.29, 0.717) is 6.54 Å². The maximum Gasteiger partial charge on any atom is 0.193 e. The van der Waals surface area contributed by atoms with Crippen LogP contribution in [0.4, 0.5) is 0 Å². The van der Waals surface area contributed by atoms with Crippen molar-refractivity contribution in [3.05, 3.63) is 16.5 Å². The highest BCUT2D eigenvalue weighted by Crippen LogP contribution is 2.26. The summed E-state index contributed by atoms with van der Waals surface area (Å²) in [6.07, 6.45) is 1.99. The van der Waals surface area contributed by atoms with Crippen molar-refractivity contribution >= 4 is 11.3 Å². The molecule has 0 aliphatic rings. The summed E-state index contributed by atoms with van der Waals surface area (Å²) >= 11 is 1.56. The van der Waals surface area contributed by atoms with Crippen LogP contribution in [0.15, 0.2) is 0 Å². The molecule has 2 heterocycles. The van der Waals surface area contributed by atoms with Gasteiger partial charge in [0.2, 0.25) is 0 Å². The fraction of sp³-hybridized carbons (Fsp3) is 0.500. The Morgan fingerprint density at radius 3 is 2.81 bits per heavy atom. The van der Waals surface area contributed by atoms with E-state index >= 15 is 0 Å². The van der Waals surface area contributed by atoms with Gasteiger partial charge in [0.1, 0.15) is 10.8 Å². The SMILES string of the molecule is CCCc1nc(-c2sc(CN)nc2C)n[nH]1. The van der Waals surface area contributed by atoms with Crippen molar-refractivity contribution in [2.75, 3.05) is 0 Å². The van der Waals surface area contributed by atoms with E-state index in [1.165, 1.54) is 0 Å². The Morgan fingerprint density at radius 2 is 2.19 bits per heavy atom. The van der Waals surface area contributed by atoms with Gasteiger partial charge in [-0.3, -0.25) is 5.10 Å². The molecule has 0 unspecified atom stereocenters.